The minimum absolute atomic E-state index is 0.158. The summed E-state index contributed by atoms with van der Waals surface area (Å²) in [4.78, 5) is 12.4. The van der Waals surface area contributed by atoms with Crippen LogP contribution in [-0.2, 0) is 0 Å². The van der Waals surface area contributed by atoms with Crippen LogP contribution in [-0.4, -0.2) is 27.4 Å². The first-order valence-electron chi connectivity index (χ1n) is 8.05. The topological polar surface area (TPSA) is 68.8 Å². The number of benzene rings is 2. The number of urea groups is 1. The van der Waals surface area contributed by atoms with Gasteiger partial charge >= 0.3 is 6.03 Å². The highest BCUT2D eigenvalue weighted by atomic mass is 16.5. The number of hydrogen-bond acceptors (Lipinski definition) is 4. The Balaban J connectivity index is 2.12. The molecule has 2 aromatic rings. The van der Waals surface area contributed by atoms with Crippen molar-refractivity contribution in [2.75, 3.05) is 26.6 Å². The maximum Gasteiger partial charge on any atom is 0.319 e. The Labute approximate surface area is 148 Å². The highest BCUT2D eigenvalue weighted by molar-refractivity contribution is 5.91. The molecular weight excluding hydrogens is 320 g/mol. The first kappa shape index (κ1) is 18.4. The van der Waals surface area contributed by atoms with Gasteiger partial charge in [0.05, 0.1) is 33.1 Å². The quantitative estimate of drug-likeness (QED) is 0.797. The molecule has 0 heterocycles. The maximum absolute atomic E-state index is 12.4. The van der Waals surface area contributed by atoms with Gasteiger partial charge in [-0.15, -0.1) is 0 Å². The van der Waals surface area contributed by atoms with Gasteiger partial charge in [-0.3, -0.25) is 0 Å². The van der Waals surface area contributed by atoms with Crippen LogP contribution in [0.3, 0.4) is 0 Å². The average molecular weight is 344 g/mol. The lowest BCUT2D eigenvalue weighted by molar-refractivity contribution is 0.248. The molecule has 6 heteroatoms. The van der Waals surface area contributed by atoms with Crippen molar-refractivity contribution in [3.8, 4) is 17.2 Å². The van der Waals surface area contributed by atoms with Crippen molar-refractivity contribution < 1.29 is 19.0 Å². The Bertz CT molecular complexity index is 718. The number of carbonyl (C=O) groups is 1. The van der Waals surface area contributed by atoms with Crippen molar-refractivity contribution in [3.63, 3.8) is 0 Å². The predicted octanol–water partition coefficient (Wildman–Crippen LogP) is 3.99. The molecule has 2 amide bonds. The zero-order valence-corrected chi connectivity index (χ0v) is 15.0. The minimum atomic E-state index is -0.300. The number of para-hydroxylation sites is 2. The van der Waals surface area contributed by atoms with Crippen LogP contribution in [0.15, 0.2) is 42.5 Å². The number of carbonyl (C=O) groups excluding carboxylic acids is 1. The number of amides is 2. The van der Waals surface area contributed by atoms with Gasteiger partial charge in [0.2, 0.25) is 0 Å². The summed E-state index contributed by atoms with van der Waals surface area (Å²) < 4.78 is 15.8. The van der Waals surface area contributed by atoms with Crippen LogP contribution in [0.1, 0.15) is 24.9 Å². The van der Waals surface area contributed by atoms with E-state index in [2.05, 4.69) is 10.6 Å². The molecule has 0 aliphatic carbocycles. The third-order valence-corrected chi connectivity index (χ3v) is 3.88. The first-order valence-corrected chi connectivity index (χ1v) is 8.05. The second-order valence-electron chi connectivity index (χ2n) is 5.37. The lowest BCUT2D eigenvalue weighted by atomic mass is 10.0. The van der Waals surface area contributed by atoms with Gasteiger partial charge in [0.15, 0.2) is 11.5 Å². The van der Waals surface area contributed by atoms with Crippen LogP contribution < -0.4 is 24.8 Å². The van der Waals surface area contributed by atoms with Crippen LogP contribution in [0.5, 0.6) is 17.2 Å². The molecule has 0 spiro atoms. The van der Waals surface area contributed by atoms with Gasteiger partial charge in [-0.05, 0) is 36.2 Å². The van der Waals surface area contributed by atoms with Crippen molar-refractivity contribution in [1.29, 1.82) is 0 Å². The van der Waals surface area contributed by atoms with Gasteiger partial charge in [0.1, 0.15) is 5.75 Å². The highest BCUT2D eigenvalue weighted by Crippen LogP contribution is 2.31. The molecule has 0 fully saturated rings. The number of ether oxygens (including phenoxy) is 3. The molecule has 2 aromatic carbocycles. The summed E-state index contributed by atoms with van der Waals surface area (Å²) in [6, 6.07) is 12.4. The summed E-state index contributed by atoms with van der Waals surface area (Å²) in [7, 11) is 4.75. The molecule has 134 valence electrons. The van der Waals surface area contributed by atoms with Crippen LogP contribution in [0.4, 0.5) is 10.5 Å². The SMILES string of the molecule is CCC(NC(=O)Nc1ccccc1OC)c1ccc(OC)c(OC)c1. The monoisotopic (exact) mass is 344 g/mol. The van der Waals surface area contributed by atoms with Crippen LogP contribution >= 0.6 is 0 Å². The van der Waals surface area contributed by atoms with E-state index < -0.39 is 0 Å². The number of hydrogen-bond donors (Lipinski definition) is 2. The second kappa shape index (κ2) is 8.82. The van der Waals surface area contributed by atoms with Crippen LogP contribution in [0.2, 0.25) is 0 Å². The van der Waals surface area contributed by atoms with Crippen molar-refractivity contribution in [1.82, 2.24) is 5.32 Å². The van der Waals surface area contributed by atoms with E-state index in [1.54, 1.807) is 33.5 Å². The van der Waals surface area contributed by atoms with Crippen molar-refractivity contribution >= 4 is 11.7 Å². The van der Waals surface area contributed by atoms with Crippen molar-refractivity contribution in [2.24, 2.45) is 0 Å². The number of nitrogens with one attached hydrogen (secondary N) is 2. The zero-order valence-electron chi connectivity index (χ0n) is 15.0. The van der Waals surface area contributed by atoms with E-state index >= 15 is 0 Å². The summed E-state index contributed by atoms with van der Waals surface area (Å²) in [5.41, 5.74) is 1.56. The molecule has 0 aromatic heterocycles. The third kappa shape index (κ3) is 4.56. The van der Waals surface area contributed by atoms with Gasteiger partial charge in [-0.1, -0.05) is 25.1 Å². The van der Waals surface area contributed by atoms with Gasteiger partial charge in [0, 0.05) is 0 Å². The molecule has 0 radical (unpaired) electrons. The zero-order chi connectivity index (χ0) is 18.2. The van der Waals surface area contributed by atoms with E-state index in [4.69, 9.17) is 14.2 Å². The summed E-state index contributed by atoms with van der Waals surface area (Å²) in [5, 5.41) is 5.79. The van der Waals surface area contributed by atoms with Crippen LogP contribution in [0, 0.1) is 0 Å². The third-order valence-electron chi connectivity index (χ3n) is 3.88. The van der Waals surface area contributed by atoms with Crippen molar-refractivity contribution in [2.45, 2.75) is 19.4 Å². The Hall–Kier alpha value is -2.89. The van der Waals surface area contributed by atoms with Gasteiger partial charge in [0.25, 0.3) is 0 Å². The van der Waals surface area contributed by atoms with Crippen LogP contribution in [0.25, 0.3) is 0 Å². The van der Waals surface area contributed by atoms with E-state index in [9.17, 15) is 4.79 Å². The van der Waals surface area contributed by atoms with Gasteiger partial charge in [-0.2, -0.15) is 0 Å². The second-order valence-corrected chi connectivity index (χ2v) is 5.37. The lowest BCUT2D eigenvalue weighted by Crippen LogP contribution is -2.32. The minimum Gasteiger partial charge on any atom is -0.495 e. The molecule has 1 atom stereocenters. The Kier molecular flexibility index (Phi) is 6.51. The van der Waals surface area contributed by atoms with E-state index in [0.29, 0.717) is 22.9 Å². The van der Waals surface area contributed by atoms with E-state index in [-0.39, 0.29) is 12.1 Å². The number of methoxy groups -OCH3 is 3. The lowest BCUT2D eigenvalue weighted by Gasteiger charge is -2.20. The summed E-state index contributed by atoms with van der Waals surface area (Å²) in [6.07, 6.45) is 0.731. The molecule has 0 saturated carbocycles. The summed E-state index contributed by atoms with van der Waals surface area (Å²) >= 11 is 0. The van der Waals surface area contributed by atoms with Gasteiger partial charge < -0.3 is 24.8 Å². The predicted molar refractivity (Wildman–Crippen MR) is 97.7 cm³/mol. The molecule has 0 saturated heterocycles. The van der Waals surface area contributed by atoms with E-state index in [1.165, 1.54) is 0 Å². The molecule has 25 heavy (non-hydrogen) atoms. The Morgan fingerprint density at radius 3 is 2.28 bits per heavy atom. The molecule has 0 aliphatic rings. The first-order chi connectivity index (χ1) is 12.1. The average Bonchev–Trinajstić information content (AvgIpc) is 2.65. The smallest absolute Gasteiger partial charge is 0.319 e. The highest BCUT2D eigenvalue weighted by Gasteiger charge is 2.16. The normalized spacial score (nSPS) is 11.4. The van der Waals surface area contributed by atoms with E-state index in [0.717, 1.165) is 12.0 Å². The Morgan fingerprint density at radius 2 is 1.64 bits per heavy atom. The molecule has 6 nitrogen and oxygen atoms in total. The fourth-order valence-corrected chi connectivity index (χ4v) is 2.56. The van der Waals surface area contributed by atoms with Gasteiger partial charge in [-0.25, -0.2) is 4.79 Å². The fourth-order valence-electron chi connectivity index (χ4n) is 2.56. The molecule has 0 aliphatic heterocycles. The summed E-state index contributed by atoms with van der Waals surface area (Å²) in [6.45, 7) is 2.00. The largest absolute Gasteiger partial charge is 0.495 e. The molecule has 2 rings (SSSR count). The number of anilines is 1. The molecule has 1 unspecified atom stereocenters. The Morgan fingerprint density at radius 1 is 0.960 bits per heavy atom. The fraction of sp³-hybridized carbons (Fsp3) is 0.316. The molecular formula is C19H24N2O4. The van der Waals surface area contributed by atoms with Crippen molar-refractivity contribution in [3.05, 3.63) is 48.0 Å². The number of rotatable bonds is 7. The molecule has 2 N–H and O–H groups in total. The molecule has 0 bridgehead atoms. The maximum atomic E-state index is 12.4. The summed E-state index contributed by atoms with van der Waals surface area (Å²) in [5.74, 6) is 1.89. The standard InChI is InChI=1S/C19H24N2O4/c1-5-14(13-10-11-17(24-3)18(12-13)25-4)20-19(22)21-15-8-6-7-9-16(15)23-2/h6-12,14H,5H2,1-4H3,(H2,20,21,22). The van der Waals surface area contributed by atoms with E-state index in [1.807, 2.05) is 37.3 Å².